The number of nitrogens with zero attached hydrogens (tertiary/aromatic N) is 3. The van der Waals surface area contributed by atoms with Crippen LogP contribution in [0.4, 0.5) is 0 Å². The zero-order chi connectivity index (χ0) is 19.1. The number of aryl methyl sites for hydroxylation is 1. The van der Waals surface area contributed by atoms with Gasteiger partial charge in [-0.25, -0.2) is 0 Å². The van der Waals surface area contributed by atoms with Crippen LogP contribution >= 0.6 is 0 Å². The number of benzene rings is 1. The first kappa shape index (κ1) is 18.9. The number of carbonyl (C=O) groups is 2. The van der Waals surface area contributed by atoms with Gasteiger partial charge < -0.3 is 19.5 Å². The number of carbonyl (C=O) groups excluding carboxylic acids is 2. The molecule has 1 aromatic heterocycles. The second kappa shape index (κ2) is 9.16. The van der Waals surface area contributed by atoms with Crippen molar-refractivity contribution >= 4 is 11.8 Å². The molecule has 1 aromatic carbocycles. The van der Waals surface area contributed by atoms with Crippen molar-refractivity contribution in [3.05, 3.63) is 41.5 Å². The highest BCUT2D eigenvalue weighted by atomic mass is 16.5. The van der Waals surface area contributed by atoms with Gasteiger partial charge in [0.15, 0.2) is 12.4 Å². The van der Waals surface area contributed by atoms with E-state index < -0.39 is 0 Å². The normalized spacial score (nSPS) is 14.0. The van der Waals surface area contributed by atoms with Gasteiger partial charge in [0.2, 0.25) is 5.89 Å². The number of hydrogen-bond donors (Lipinski definition) is 1. The highest BCUT2D eigenvalue weighted by Gasteiger charge is 2.17. The van der Waals surface area contributed by atoms with Crippen LogP contribution in [0, 0.1) is 0 Å². The number of aromatic nitrogens is 2. The van der Waals surface area contributed by atoms with Crippen LogP contribution in [0.15, 0.2) is 28.8 Å². The molecule has 8 heteroatoms. The molecule has 1 saturated heterocycles. The molecule has 27 heavy (non-hydrogen) atoms. The topological polar surface area (TPSA) is 97.6 Å². The summed E-state index contributed by atoms with van der Waals surface area (Å²) in [5.41, 5.74) is 0.490. The molecular formula is C19H24N4O4. The van der Waals surface area contributed by atoms with E-state index in [1.165, 1.54) is 6.42 Å². The van der Waals surface area contributed by atoms with Gasteiger partial charge in [-0.3, -0.25) is 9.59 Å². The van der Waals surface area contributed by atoms with Crippen molar-refractivity contribution in [2.45, 2.75) is 39.2 Å². The van der Waals surface area contributed by atoms with E-state index in [-0.39, 0.29) is 25.0 Å². The van der Waals surface area contributed by atoms with Gasteiger partial charge in [0.25, 0.3) is 11.8 Å². The van der Waals surface area contributed by atoms with Gasteiger partial charge in [-0.15, -0.1) is 0 Å². The van der Waals surface area contributed by atoms with Gasteiger partial charge in [0.1, 0.15) is 5.75 Å². The molecule has 0 aliphatic carbocycles. The molecule has 0 bridgehead atoms. The Morgan fingerprint density at radius 2 is 1.93 bits per heavy atom. The van der Waals surface area contributed by atoms with Gasteiger partial charge in [0.05, 0.1) is 6.54 Å². The van der Waals surface area contributed by atoms with E-state index in [1.54, 1.807) is 24.3 Å². The van der Waals surface area contributed by atoms with Gasteiger partial charge >= 0.3 is 0 Å². The first-order valence-corrected chi connectivity index (χ1v) is 9.26. The smallest absolute Gasteiger partial charge is 0.260 e. The van der Waals surface area contributed by atoms with Crippen LogP contribution < -0.4 is 10.1 Å². The third-order valence-corrected chi connectivity index (χ3v) is 4.41. The molecule has 144 valence electrons. The minimum absolute atomic E-state index is 0.00285. The highest BCUT2D eigenvalue weighted by Crippen LogP contribution is 2.14. The van der Waals surface area contributed by atoms with Gasteiger partial charge in [-0.1, -0.05) is 12.1 Å². The van der Waals surface area contributed by atoms with E-state index in [0.29, 0.717) is 29.4 Å². The second-order valence-electron chi connectivity index (χ2n) is 6.40. The third-order valence-electron chi connectivity index (χ3n) is 4.41. The molecule has 2 aromatic rings. The fourth-order valence-corrected chi connectivity index (χ4v) is 2.85. The second-order valence-corrected chi connectivity index (χ2v) is 6.40. The predicted octanol–water partition coefficient (Wildman–Crippen LogP) is 1.95. The number of nitrogens with one attached hydrogen (secondary N) is 1. The molecular weight excluding hydrogens is 348 g/mol. The highest BCUT2D eigenvalue weighted by molar-refractivity contribution is 5.94. The molecule has 1 fully saturated rings. The van der Waals surface area contributed by atoms with Crippen molar-refractivity contribution in [2.24, 2.45) is 0 Å². The molecule has 1 aliphatic heterocycles. The standard InChI is InChI=1S/C19H24N4O4/c1-2-17-21-16(22-27-17)12-20-19(25)14-6-8-15(9-7-14)26-13-18(24)23-10-4-3-5-11-23/h6-9H,2-5,10-13H2,1H3,(H,20,25). The maximum atomic E-state index is 12.2. The van der Waals surface area contributed by atoms with Crippen molar-refractivity contribution in [1.29, 1.82) is 0 Å². The Morgan fingerprint density at radius 1 is 1.19 bits per heavy atom. The van der Waals surface area contributed by atoms with E-state index in [0.717, 1.165) is 25.9 Å². The Balaban J connectivity index is 1.45. The Hall–Kier alpha value is -2.90. The van der Waals surface area contributed by atoms with Crippen LogP contribution in [-0.2, 0) is 17.8 Å². The monoisotopic (exact) mass is 372 g/mol. The fourth-order valence-electron chi connectivity index (χ4n) is 2.85. The number of piperidine rings is 1. The molecule has 0 spiro atoms. The maximum absolute atomic E-state index is 12.2. The number of ether oxygens (including phenoxy) is 1. The van der Waals surface area contributed by atoms with E-state index in [1.807, 2.05) is 11.8 Å². The molecule has 0 atom stereocenters. The minimum Gasteiger partial charge on any atom is -0.484 e. The minimum atomic E-state index is -0.242. The summed E-state index contributed by atoms with van der Waals surface area (Å²) in [6.07, 6.45) is 3.95. The Morgan fingerprint density at radius 3 is 2.59 bits per heavy atom. The Kier molecular flexibility index (Phi) is 6.40. The summed E-state index contributed by atoms with van der Waals surface area (Å²) in [7, 11) is 0. The molecule has 0 radical (unpaired) electrons. The lowest BCUT2D eigenvalue weighted by Gasteiger charge is -2.26. The quantitative estimate of drug-likeness (QED) is 0.798. The fraction of sp³-hybridized carbons (Fsp3) is 0.474. The summed E-state index contributed by atoms with van der Waals surface area (Å²) in [6.45, 7) is 3.75. The first-order valence-electron chi connectivity index (χ1n) is 9.26. The molecule has 2 heterocycles. The van der Waals surface area contributed by atoms with Crippen molar-refractivity contribution in [2.75, 3.05) is 19.7 Å². The lowest BCUT2D eigenvalue weighted by molar-refractivity contribution is -0.134. The lowest BCUT2D eigenvalue weighted by atomic mass is 10.1. The first-order chi connectivity index (χ1) is 13.2. The largest absolute Gasteiger partial charge is 0.484 e. The summed E-state index contributed by atoms with van der Waals surface area (Å²) >= 11 is 0. The zero-order valence-corrected chi connectivity index (χ0v) is 15.4. The van der Waals surface area contributed by atoms with Gasteiger partial charge in [-0.05, 0) is 43.5 Å². The molecule has 2 amide bonds. The predicted molar refractivity (Wildman–Crippen MR) is 97.2 cm³/mol. The Bertz CT molecular complexity index is 766. The average molecular weight is 372 g/mol. The summed E-state index contributed by atoms with van der Waals surface area (Å²) in [6, 6.07) is 6.68. The SMILES string of the molecule is CCc1nc(CNC(=O)c2ccc(OCC(=O)N3CCCCC3)cc2)no1. The van der Waals surface area contributed by atoms with Crippen LogP contribution in [0.5, 0.6) is 5.75 Å². The van der Waals surface area contributed by atoms with Gasteiger partial charge in [-0.2, -0.15) is 4.98 Å². The average Bonchev–Trinajstić information content (AvgIpc) is 3.19. The van der Waals surface area contributed by atoms with Crippen molar-refractivity contribution in [1.82, 2.24) is 20.4 Å². The summed E-state index contributed by atoms with van der Waals surface area (Å²) in [5, 5.41) is 6.53. The number of likely N-dealkylation sites (tertiary alicyclic amines) is 1. The summed E-state index contributed by atoms with van der Waals surface area (Å²) < 4.78 is 10.5. The number of rotatable bonds is 7. The van der Waals surface area contributed by atoms with Crippen LogP contribution in [0.1, 0.15) is 48.3 Å². The van der Waals surface area contributed by atoms with E-state index in [2.05, 4.69) is 15.5 Å². The number of amides is 2. The lowest BCUT2D eigenvalue weighted by Crippen LogP contribution is -2.38. The van der Waals surface area contributed by atoms with Crippen LogP contribution in [0.3, 0.4) is 0 Å². The molecule has 1 N–H and O–H groups in total. The van der Waals surface area contributed by atoms with Crippen molar-refractivity contribution in [3.8, 4) is 5.75 Å². The van der Waals surface area contributed by atoms with Crippen LogP contribution in [-0.4, -0.2) is 46.6 Å². The van der Waals surface area contributed by atoms with Crippen molar-refractivity contribution in [3.63, 3.8) is 0 Å². The molecule has 0 unspecified atom stereocenters. The van der Waals surface area contributed by atoms with Crippen LogP contribution in [0.25, 0.3) is 0 Å². The van der Waals surface area contributed by atoms with E-state index in [9.17, 15) is 9.59 Å². The van der Waals surface area contributed by atoms with E-state index >= 15 is 0 Å². The van der Waals surface area contributed by atoms with E-state index in [4.69, 9.17) is 9.26 Å². The van der Waals surface area contributed by atoms with Crippen molar-refractivity contribution < 1.29 is 18.8 Å². The summed E-state index contributed by atoms with van der Waals surface area (Å²) in [4.78, 5) is 30.3. The molecule has 1 aliphatic rings. The summed E-state index contributed by atoms with van der Waals surface area (Å²) in [5.74, 6) is 1.30. The molecule has 0 saturated carbocycles. The van der Waals surface area contributed by atoms with Crippen LogP contribution in [0.2, 0.25) is 0 Å². The van der Waals surface area contributed by atoms with Gasteiger partial charge in [0, 0.05) is 25.1 Å². The Labute approximate surface area is 157 Å². The zero-order valence-electron chi connectivity index (χ0n) is 15.4. The molecule has 3 rings (SSSR count). The third kappa shape index (κ3) is 5.29. The molecule has 8 nitrogen and oxygen atoms in total. The maximum Gasteiger partial charge on any atom is 0.260 e. The number of hydrogen-bond acceptors (Lipinski definition) is 6.